The van der Waals surface area contributed by atoms with Gasteiger partial charge in [-0.05, 0) is 38.2 Å². The summed E-state index contributed by atoms with van der Waals surface area (Å²) in [7, 11) is 0. The molecule has 3 amide bonds. The van der Waals surface area contributed by atoms with Crippen molar-refractivity contribution in [1.29, 1.82) is 0 Å². The van der Waals surface area contributed by atoms with Crippen LogP contribution in [0.2, 0.25) is 0 Å². The van der Waals surface area contributed by atoms with Crippen LogP contribution in [0.25, 0.3) is 0 Å². The van der Waals surface area contributed by atoms with E-state index in [-0.39, 0.29) is 31.8 Å². The summed E-state index contributed by atoms with van der Waals surface area (Å²) in [5.41, 5.74) is 15.9. The first-order valence-electron chi connectivity index (χ1n) is 10.2. The van der Waals surface area contributed by atoms with Crippen molar-refractivity contribution in [2.24, 2.45) is 22.2 Å². The predicted octanol–water partition coefficient (Wildman–Crippen LogP) is -3.97. The Morgan fingerprint density at radius 2 is 1.61 bits per heavy atom. The third-order valence-corrected chi connectivity index (χ3v) is 5.04. The highest BCUT2D eigenvalue weighted by atomic mass is 32.2. The fourth-order valence-corrected chi connectivity index (χ4v) is 3.02. The molecule has 0 spiro atoms. The first kappa shape index (κ1) is 30.4. The molecule has 33 heavy (non-hydrogen) atoms. The molecule has 190 valence electrons. The second-order valence-corrected chi connectivity index (χ2v) is 8.19. The third kappa shape index (κ3) is 12.3. The fourth-order valence-electron chi connectivity index (χ4n) is 2.55. The molecule has 0 aromatic heterocycles. The van der Waals surface area contributed by atoms with E-state index in [0.717, 1.165) is 0 Å². The van der Waals surface area contributed by atoms with Crippen molar-refractivity contribution in [3.8, 4) is 0 Å². The van der Waals surface area contributed by atoms with Crippen molar-refractivity contribution in [1.82, 2.24) is 16.0 Å². The fraction of sp³-hybridized carbons (Fsp3) is 0.722. The molecule has 0 radical (unpaired) electrons. The highest BCUT2D eigenvalue weighted by Crippen LogP contribution is 2.05. The summed E-state index contributed by atoms with van der Waals surface area (Å²) in [5.74, 6) is -3.44. The van der Waals surface area contributed by atoms with Crippen molar-refractivity contribution in [2.45, 2.75) is 56.5 Å². The number of hydrogen-bond donors (Lipinski definition) is 9. The standard InChI is InChI=1S/C18H35N7O7S/c1-9(27)13(16(30)24-12(17(31)32)4-3-6-22-18(20)21)25-15(29)11(5-7-33-2)23-14(28)10(19)8-26/h9-13,26-27H,3-8,19H2,1-2H3,(H,23,28)(H,24,30)(H,25,29)(H,31,32)(H4,20,21,22). The van der Waals surface area contributed by atoms with Crippen LogP contribution in [0.15, 0.2) is 4.99 Å². The van der Waals surface area contributed by atoms with Gasteiger partial charge in [-0.25, -0.2) is 4.79 Å². The van der Waals surface area contributed by atoms with Gasteiger partial charge in [0.15, 0.2) is 5.96 Å². The number of carbonyl (C=O) groups excluding carboxylic acids is 3. The van der Waals surface area contributed by atoms with Gasteiger partial charge < -0.3 is 48.5 Å². The molecule has 12 N–H and O–H groups in total. The van der Waals surface area contributed by atoms with Crippen LogP contribution in [-0.4, -0.2) is 100 Å². The van der Waals surface area contributed by atoms with E-state index in [1.54, 1.807) is 6.26 Å². The number of carbonyl (C=O) groups is 4. The summed E-state index contributed by atoms with van der Waals surface area (Å²) in [5, 5.41) is 35.4. The summed E-state index contributed by atoms with van der Waals surface area (Å²) >= 11 is 1.41. The molecule has 5 unspecified atom stereocenters. The lowest BCUT2D eigenvalue weighted by Gasteiger charge is -2.26. The second-order valence-electron chi connectivity index (χ2n) is 7.21. The normalized spacial score (nSPS) is 15.3. The van der Waals surface area contributed by atoms with E-state index in [4.69, 9.17) is 22.3 Å². The summed E-state index contributed by atoms with van der Waals surface area (Å²) in [6, 6.07) is -5.12. The number of carboxylic acids is 1. The molecule has 0 fully saturated rings. The number of thioether (sulfide) groups is 1. The summed E-state index contributed by atoms with van der Waals surface area (Å²) in [4.78, 5) is 52.6. The number of nitrogens with one attached hydrogen (secondary N) is 3. The molecule has 0 aliphatic heterocycles. The molecule has 0 saturated carbocycles. The number of aliphatic carboxylic acids is 1. The first-order valence-corrected chi connectivity index (χ1v) is 11.6. The largest absolute Gasteiger partial charge is 0.480 e. The number of guanidine groups is 1. The predicted molar refractivity (Wildman–Crippen MR) is 123 cm³/mol. The van der Waals surface area contributed by atoms with Gasteiger partial charge in [0.05, 0.1) is 12.7 Å². The Balaban J connectivity index is 5.27. The molecule has 0 saturated heterocycles. The van der Waals surface area contributed by atoms with Gasteiger partial charge in [-0.2, -0.15) is 11.8 Å². The molecule has 0 bridgehead atoms. The van der Waals surface area contributed by atoms with Crippen LogP contribution < -0.4 is 33.2 Å². The van der Waals surface area contributed by atoms with E-state index >= 15 is 0 Å². The molecule has 0 heterocycles. The average Bonchev–Trinajstić information content (AvgIpc) is 2.75. The number of nitrogens with zero attached hydrogens (tertiary/aromatic N) is 1. The molecule has 0 aliphatic rings. The second kappa shape index (κ2) is 16.1. The van der Waals surface area contributed by atoms with Crippen LogP contribution in [0, 0.1) is 0 Å². The molecular formula is C18H35N7O7S. The number of carboxylic acid groups (broad SMARTS) is 1. The molecule has 5 atom stereocenters. The third-order valence-electron chi connectivity index (χ3n) is 4.40. The number of aliphatic hydroxyl groups is 2. The highest BCUT2D eigenvalue weighted by molar-refractivity contribution is 7.98. The zero-order chi connectivity index (χ0) is 25.6. The zero-order valence-corrected chi connectivity index (χ0v) is 19.5. The minimum absolute atomic E-state index is 0.00375. The van der Waals surface area contributed by atoms with Crippen molar-refractivity contribution in [3.05, 3.63) is 0 Å². The van der Waals surface area contributed by atoms with E-state index in [1.807, 2.05) is 0 Å². The number of aliphatic hydroxyl groups excluding tert-OH is 2. The van der Waals surface area contributed by atoms with E-state index in [1.165, 1.54) is 18.7 Å². The van der Waals surface area contributed by atoms with Gasteiger partial charge in [0.1, 0.15) is 24.2 Å². The minimum Gasteiger partial charge on any atom is -0.480 e. The van der Waals surface area contributed by atoms with E-state index in [0.29, 0.717) is 5.75 Å². The molecule has 15 heteroatoms. The van der Waals surface area contributed by atoms with E-state index in [2.05, 4.69) is 20.9 Å². The maximum atomic E-state index is 12.7. The summed E-state index contributed by atoms with van der Waals surface area (Å²) in [6.07, 6.45) is 0.870. The van der Waals surface area contributed by atoms with Gasteiger partial charge in [0.2, 0.25) is 17.7 Å². The number of rotatable bonds is 16. The van der Waals surface area contributed by atoms with Crippen LogP contribution in [0.4, 0.5) is 0 Å². The van der Waals surface area contributed by atoms with Crippen molar-refractivity contribution >= 4 is 41.4 Å². The van der Waals surface area contributed by atoms with Gasteiger partial charge in [0.25, 0.3) is 0 Å². The topological polar surface area (TPSA) is 255 Å². The summed E-state index contributed by atoms with van der Waals surface area (Å²) < 4.78 is 0. The zero-order valence-electron chi connectivity index (χ0n) is 18.7. The van der Waals surface area contributed by atoms with Gasteiger partial charge >= 0.3 is 5.97 Å². The van der Waals surface area contributed by atoms with Crippen molar-refractivity contribution < 1.29 is 34.5 Å². The van der Waals surface area contributed by atoms with E-state index in [9.17, 15) is 29.4 Å². The van der Waals surface area contributed by atoms with Crippen molar-refractivity contribution in [2.75, 3.05) is 25.2 Å². The average molecular weight is 494 g/mol. The van der Waals surface area contributed by atoms with Crippen LogP contribution in [0.1, 0.15) is 26.2 Å². The molecular weight excluding hydrogens is 458 g/mol. The molecule has 0 aliphatic carbocycles. The molecule has 0 aromatic carbocycles. The Kier molecular flexibility index (Phi) is 14.8. The Morgan fingerprint density at radius 3 is 2.09 bits per heavy atom. The lowest BCUT2D eigenvalue weighted by molar-refractivity contribution is -0.143. The summed E-state index contributed by atoms with van der Waals surface area (Å²) in [6.45, 7) is 0.780. The first-order chi connectivity index (χ1) is 15.4. The number of amides is 3. The molecule has 0 aromatic rings. The number of hydrogen-bond acceptors (Lipinski definition) is 9. The van der Waals surface area contributed by atoms with Crippen LogP contribution in [0.3, 0.4) is 0 Å². The smallest absolute Gasteiger partial charge is 0.326 e. The molecule has 0 rings (SSSR count). The molecule has 14 nitrogen and oxygen atoms in total. The van der Waals surface area contributed by atoms with Crippen LogP contribution in [0.5, 0.6) is 0 Å². The number of nitrogens with two attached hydrogens (primary N) is 3. The SMILES string of the molecule is CSCCC(NC(=O)C(N)CO)C(=O)NC(C(=O)NC(CCCN=C(N)N)C(=O)O)C(C)O. The lowest BCUT2D eigenvalue weighted by Crippen LogP contribution is -2.60. The van der Waals surface area contributed by atoms with E-state index < -0.39 is 60.6 Å². The highest BCUT2D eigenvalue weighted by Gasteiger charge is 2.32. The quantitative estimate of drug-likeness (QED) is 0.0569. The van der Waals surface area contributed by atoms with Gasteiger partial charge in [-0.3, -0.25) is 19.4 Å². The monoisotopic (exact) mass is 493 g/mol. The minimum atomic E-state index is -1.49. The van der Waals surface area contributed by atoms with Gasteiger partial charge in [-0.15, -0.1) is 0 Å². The Bertz CT molecular complexity index is 689. The van der Waals surface area contributed by atoms with Gasteiger partial charge in [0, 0.05) is 6.54 Å². The number of aliphatic imine (C=N–C) groups is 1. The maximum absolute atomic E-state index is 12.7. The Morgan fingerprint density at radius 1 is 1.00 bits per heavy atom. The lowest BCUT2D eigenvalue weighted by atomic mass is 10.1. The van der Waals surface area contributed by atoms with Crippen molar-refractivity contribution in [3.63, 3.8) is 0 Å². The Labute approximate surface area is 196 Å². The van der Waals surface area contributed by atoms with Crippen LogP contribution in [-0.2, 0) is 19.2 Å². The maximum Gasteiger partial charge on any atom is 0.326 e. The van der Waals surface area contributed by atoms with Crippen LogP contribution >= 0.6 is 11.8 Å². The Hall–Kier alpha value is -2.62. The van der Waals surface area contributed by atoms with Gasteiger partial charge in [-0.1, -0.05) is 0 Å².